The maximum atomic E-state index is 6.33. The molecule has 0 fully saturated rings. The zero-order valence-electron chi connectivity index (χ0n) is 29.0. The van der Waals surface area contributed by atoms with Crippen molar-refractivity contribution in [1.82, 2.24) is 0 Å². The number of rotatable bonds is 15. The van der Waals surface area contributed by atoms with E-state index in [-0.39, 0.29) is 0 Å². The van der Waals surface area contributed by atoms with Crippen LogP contribution in [0.3, 0.4) is 0 Å². The van der Waals surface area contributed by atoms with E-state index < -0.39 is 12.7 Å². The molecule has 52 heavy (non-hydrogen) atoms. The summed E-state index contributed by atoms with van der Waals surface area (Å²) in [7, 11) is 0. The van der Waals surface area contributed by atoms with Crippen molar-refractivity contribution in [2.24, 2.45) is 0 Å². The van der Waals surface area contributed by atoms with Gasteiger partial charge in [-0.25, -0.2) is 0 Å². The second-order valence-corrected chi connectivity index (χ2v) is 30.7. The van der Waals surface area contributed by atoms with E-state index in [1.165, 1.54) is 11.1 Å². The Morgan fingerprint density at radius 2 is 0.692 bits per heavy atom. The van der Waals surface area contributed by atoms with E-state index in [1.54, 1.807) is 0 Å². The summed E-state index contributed by atoms with van der Waals surface area (Å²) >= 11 is 31.0. The summed E-state index contributed by atoms with van der Waals surface area (Å²) in [6, 6.07) is 55.0. The Morgan fingerprint density at radius 3 is 1.02 bits per heavy atom. The van der Waals surface area contributed by atoms with Gasteiger partial charge in [0.25, 0.3) is 0 Å². The highest BCUT2D eigenvalue weighted by atomic mass is 35.8. The third-order valence-corrected chi connectivity index (χ3v) is 14.0. The first kappa shape index (κ1) is 38.5. The average molecular weight is 819 g/mol. The van der Waals surface area contributed by atoms with Crippen molar-refractivity contribution in [2.75, 3.05) is 9.80 Å². The fourth-order valence-corrected chi connectivity index (χ4v) is 9.75. The molecule has 6 aromatic rings. The van der Waals surface area contributed by atoms with Gasteiger partial charge in [0, 0.05) is 34.1 Å². The zero-order valence-corrected chi connectivity index (χ0v) is 34.8. The summed E-state index contributed by atoms with van der Waals surface area (Å²) in [5, 5.41) is 0. The Balaban J connectivity index is 1.21. The monoisotopic (exact) mass is 816 g/mol. The summed E-state index contributed by atoms with van der Waals surface area (Å²) in [6.07, 6.45) is 3.73. The zero-order chi connectivity index (χ0) is 36.6. The highest BCUT2D eigenvalue weighted by molar-refractivity contribution is 7.64. The van der Waals surface area contributed by atoms with Crippen molar-refractivity contribution in [3.8, 4) is 11.1 Å². The van der Waals surface area contributed by atoms with Crippen molar-refractivity contribution in [1.29, 1.82) is 0 Å². The van der Waals surface area contributed by atoms with Crippen LogP contribution < -0.4 is 9.80 Å². The first-order chi connectivity index (χ1) is 25.0. The maximum Gasteiger partial charge on any atom is 0.341 e. The molecule has 0 aromatic heterocycles. The summed E-state index contributed by atoms with van der Waals surface area (Å²) in [5.41, 5.74) is 11.4. The molecule has 0 radical (unpaired) electrons. The fraction of sp³-hybridized carbons (Fsp3) is 0.163. The lowest BCUT2D eigenvalue weighted by molar-refractivity contribution is 0.911. The number of para-hydroxylation sites is 2. The van der Waals surface area contributed by atoms with Gasteiger partial charge in [0.05, 0.1) is 0 Å². The number of halogens is 5. The second kappa shape index (κ2) is 17.8. The van der Waals surface area contributed by atoms with Crippen LogP contribution in [0.15, 0.2) is 158 Å². The lowest BCUT2D eigenvalue weighted by Crippen LogP contribution is -2.12. The van der Waals surface area contributed by atoms with Gasteiger partial charge in [-0.2, -0.15) is 0 Å². The molecule has 6 rings (SSSR count). The molecular weight excluding hydrogens is 778 g/mol. The van der Waals surface area contributed by atoms with E-state index >= 15 is 0 Å². The third-order valence-electron chi connectivity index (χ3n) is 9.01. The van der Waals surface area contributed by atoms with Gasteiger partial charge in [-0.15, -0.1) is 55.4 Å². The Morgan fingerprint density at radius 1 is 0.385 bits per heavy atom. The molecule has 0 saturated heterocycles. The predicted molar refractivity (Wildman–Crippen MR) is 234 cm³/mol. The predicted octanol–water partition coefficient (Wildman–Crippen LogP) is 15.4. The Bertz CT molecular complexity index is 1830. The molecule has 0 bridgehead atoms. The number of anilines is 6. The molecule has 0 aliphatic heterocycles. The summed E-state index contributed by atoms with van der Waals surface area (Å²) in [5.74, 6) is 0. The first-order valence-corrected chi connectivity index (χ1v) is 27.5. The molecule has 0 amide bonds. The highest BCUT2D eigenvalue weighted by Gasteiger charge is 2.24. The first-order valence-electron chi connectivity index (χ1n) is 17.6. The SMILES string of the molecule is C[Si](Cl)(Cl)CCCc1ccc(N(c2ccccc2)c2ccc(-c3ccc(N(c4ccccc4)c4ccc(CCC[Si](Cl)(Cl)Cl)cc4)cc3)cc2)cc1. The van der Waals surface area contributed by atoms with Crippen molar-refractivity contribution in [2.45, 2.75) is 44.3 Å². The third kappa shape index (κ3) is 10.9. The molecule has 0 atom stereocenters. The van der Waals surface area contributed by atoms with Gasteiger partial charge in [-0.1, -0.05) is 84.9 Å². The van der Waals surface area contributed by atoms with E-state index in [0.29, 0.717) is 6.04 Å². The molecular formula is C43H41Cl5N2Si2. The molecule has 266 valence electrons. The van der Waals surface area contributed by atoms with Crippen LogP contribution >= 0.6 is 55.4 Å². The smallest absolute Gasteiger partial charge is 0.311 e. The van der Waals surface area contributed by atoms with Gasteiger partial charge in [0.1, 0.15) is 0 Å². The number of hydrogen-bond acceptors (Lipinski definition) is 2. The molecule has 0 N–H and O–H groups in total. The molecule has 0 unspecified atom stereocenters. The maximum absolute atomic E-state index is 6.33. The van der Waals surface area contributed by atoms with Crippen molar-refractivity contribution >= 4 is 102 Å². The lowest BCUT2D eigenvalue weighted by atomic mass is 10.0. The fourth-order valence-electron chi connectivity index (χ4n) is 6.37. The van der Waals surface area contributed by atoms with Gasteiger partial charge in [0.15, 0.2) is 0 Å². The van der Waals surface area contributed by atoms with Gasteiger partial charge >= 0.3 is 6.00 Å². The molecule has 0 aliphatic rings. The Hall–Kier alpha value is -3.20. The molecule has 0 spiro atoms. The van der Waals surface area contributed by atoms with Crippen LogP contribution in [0.1, 0.15) is 24.0 Å². The lowest BCUT2D eigenvalue weighted by Gasteiger charge is -2.26. The topological polar surface area (TPSA) is 6.48 Å². The van der Waals surface area contributed by atoms with Crippen LogP contribution in [0.4, 0.5) is 34.1 Å². The summed E-state index contributed by atoms with van der Waals surface area (Å²) < 4.78 is 0. The standard InChI is InChI=1S/C43H41Cl5N2Si2/c1-51(44,45)32-8-10-34-16-24-40(25-17-34)49(38-12-4-2-5-13-38)42-28-20-36(21-29-42)37-22-30-43(31-23-37)50(39-14-6-3-7-15-39)41-26-18-35(19-27-41)11-9-33-52(46,47)48/h2-7,12-31H,8-11,32-33H2,1H3. The van der Waals surface area contributed by atoms with E-state index in [2.05, 4.69) is 161 Å². The van der Waals surface area contributed by atoms with Crippen LogP contribution in [-0.2, 0) is 12.8 Å². The number of benzene rings is 6. The minimum absolute atomic E-state index is 0.663. The molecule has 0 aliphatic carbocycles. The van der Waals surface area contributed by atoms with Crippen molar-refractivity contribution < 1.29 is 0 Å². The van der Waals surface area contributed by atoms with Crippen LogP contribution in [0.5, 0.6) is 0 Å². The van der Waals surface area contributed by atoms with E-state index in [9.17, 15) is 0 Å². The molecule has 0 saturated carbocycles. The quantitative estimate of drug-likeness (QED) is 0.0752. The number of aryl methyl sites for hydroxylation is 2. The van der Waals surface area contributed by atoms with E-state index in [0.717, 1.165) is 77.0 Å². The van der Waals surface area contributed by atoms with E-state index in [4.69, 9.17) is 55.4 Å². The van der Waals surface area contributed by atoms with Crippen LogP contribution in [0, 0.1) is 0 Å². The van der Waals surface area contributed by atoms with Gasteiger partial charge in [0.2, 0.25) is 6.69 Å². The largest absolute Gasteiger partial charge is 0.341 e. The van der Waals surface area contributed by atoms with Gasteiger partial charge in [-0.05, 0) is 139 Å². The van der Waals surface area contributed by atoms with Gasteiger partial charge < -0.3 is 9.80 Å². The van der Waals surface area contributed by atoms with Crippen LogP contribution in [0.25, 0.3) is 11.1 Å². The number of hydrogen-bond donors (Lipinski definition) is 0. The minimum atomic E-state index is -2.60. The van der Waals surface area contributed by atoms with Crippen molar-refractivity contribution in [3.05, 3.63) is 169 Å². The number of nitrogens with zero attached hydrogens (tertiary/aromatic N) is 2. The summed E-state index contributed by atoms with van der Waals surface area (Å²) in [4.78, 5) is 4.58. The average Bonchev–Trinajstić information content (AvgIpc) is 3.14. The normalized spacial score (nSPS) is 11.7. The summed E-state index contributed by atoms with van der Waals surface area (Å²) in [6.45, 7) is -0.0917. The van der Waals surface area contributed by atoms with Crippen molar-refractivity contribution in [3.63, 3.8) is 0 Å². The highest BCUT2D eigenvalue weighted by Crippen LogP contribution is 2.38. The Kier molecular flexibility index (Phi) is 13.2. The molecule has 9 heteroatoms. The van der Waals surface area contributed by atoms with E-state index in [1.807, 2.05) is 12.6 Å². The molecule has 0 heterocycles. The van der Waals surface area contributed by atoms with Gasteiger partial charge in [-0.3, -0.25) is 0 Å². The second-order valence-electron chi connectivity index (χ2n) is 13.2. The molecule has 6 aromatic carbocycles. The molecule has 2 nitrogen and oxygen atoms in total. The van der Waals surface area contributed by atoms with Crippen LogP contribution in [-0.4, -0.2) is 12.7 Å². The Labute approximate surface area is 334 Å². The van der Waals surface area contributed by atoms with Crippen LogP contribution in [0.2, 0.25) is 18.6 Å². The minimum Gasteiger partial charge on any atom is -0.311 e.